The van der Waals surface area contributed by atoms with Gasteiger partial charge in [0.25, 0.3) is 0 Å². The lowest BCUT2D eigenvalue weighted by atomic mass is 9.95. The Morgan fingerprint density at radius 3 is 2.33 bits per heavy atom. The topological polar surface area (TPSA) is 52.7 Å². The number of carbonyl (C=O) groups is 2. The van der Waals surface area contributed by atoms with Crippen molar-refractivity contribution in [3.05, 3.63) is 0 Å². The molecule has 3 fully saturated rings. The lowest BCUT2D eigenvalue weighted by Gasteiger charge is -2.41. The van der Waals surface area contributed by atoms with Gasteiger partial charge in [-0.2, -0.15) is 0 Å². The fourth-order valence-corrected chi connectivity index (χ4v) is 3.94. The van der Waals surface area contributed by atoms with Crippen LogP contribution in [0.4, 0.5) is 0 Å². The molecule has 0 radical (unpaired) electrons. The Morgan fingerprint density at radius 2 is 1.71 bits per heavy atom. The molecule has 1 atom stereocenters. The van der Waals surface area contributed by atoms with Gasteiger partial charge in [0.05, 0.1) is 5.92 Å². The largest absolute Gasteiger partial charge is 0.355 e. The first-order valence-corrected chi connectivity index (χ1v) is 8.53. The molecule has 3 heterocycles. The summed E-state index contributed by atoms with van der Waals surface area (Å²) in [7, 11) is 0. The lowest BCUT2D eigenvalue weighted by Crippen LogP contribution is -2.51. The van der Waals surface area contributed by atoms with Crippen molar-refractivity contribution >= 4 is 11.8 Å². The molecule has 21 heavy (non-hydrogen) atoms. The van der Waals surface area contributed by atoms with Gasteiger partial charge >= 0.3 is 0 Å². The van der Waals surface area contributed by atoms with Crippen LogP contribution in [-0.4, -0.2) is 60.4 Å². The van der Waals surface area contributed by atoms with Crippen molar-refractivity contribution in [2.45, 2.75) is 51.0 Å². The van der Waals surface area contributed by atoms with Crippen molar-refractivity contribution in [1.29, 1.82) is 0 Å². The zero-order chi connectivity index (χ0) is 14.7. The highest BCUT2D eigenvalue weighted by Gasteiger charge is 2.32. The Kier molecular flexibility index (Phi) is 4.78. The maximum atomic E-state index is 12.5. The van der Waals surface area contributed by atoms with Crippen LogP contribution in [-0.2, 0) is 9.59 Å². The van der Waals surface area contributed by atoms with Gasteiger partial charge in [-0.25, -0.2) is 0 Å². The van der Waals surface area contributed by atoms with E-state index in [0.717, 1.165) is 32.4 Å². The van der Waals surface area contributed by atoms with Crippen LogP contribution in [0.3, 0.4) is 0 Å². The predicted octanol–water partition coefficient (Wildman–Crippen LogP) is 0.989. The normalized spacial score (nSPS) is 29.2. The van der Waals surface area contributed by atoms with Gasteiger partial charge < -0.3 is 15.1 Å². The summed E-state index contributed by atoms with van der Waals surface area (Å²) in [6.45, 7) is 4.80. The highest BCUT2D eigenvalue weighted by molar-refractivity contribution is 5.83. The van der Waals surface area contributed by atoms with Gasteiger partial charge in [-0.1, -0.05) is 6.42 Å². The average Bonchev–Trinajstić information content (AvgIpc) is 2.56. The van der Waals surface area contributed by atoms with Crippen molar-refractivity contribution < 1.29 is 9.59 Å². The molecule has 3 aliphatic rings. The minimum absolute atomic E-state index is 0.00855. The number of nitrogens with zero attached hydrogens (tertiary/aromatic N) is 2. The van der Waals surface area contributed by atoms with Crippen LogP contribution in [0.25, 0.3) is 0 Å². The number of hydrogen-bond acceptors (Lipinski definition) is 3. The average molecular weight is 293 g/mol. The molecule has 0 bridgehead atoms. The highest BCUT2D eigenvalue weighted by Crippen LogP contribution is 2.23. The smallest absolute Gasteiger partial charge is 0.227 e. The second-order valence-corrected chi connectivity index (χ2v) is 6.69. The summed E-state index contributed by atoms with van der Waals surface area (Å²) in [6.07, 6.45) is 7.50. The van der Waals surface area contributed by atoms with Crippen molar-refractivity contribution in [3.8, 4) is 0 Å². The van der Waals surface area contributed by atoms with Gasteiger partial charge in [-0.3, -0.25) is 9.59 Å². The zero-order valence-electron chi connectivity index (χ0n) is 12.9. The first-order valence-electron chi connectivity index (χ1n) is 8.53. The van der Waals surface area contributed by atoms with E-state index in [9.17, 15) is 9.59 Å². The van der Waals surface area contributed by atoms with E-state index in [4.69, 9.17) is 0 Å². The number of amides is 2. The molecule has 2 amide bonds. The van der Waals surface area contributed by atoms with Gasteiger partial charge in [0.1, 0.15) is 0 Å². The summed E-state index contributed by atoms with van der Waals surface area (Å²) in [4.78, 5) is 28.3. The first kappa shape index (κ1) is 14.8. The molecule has 5 heteroatoms. The molecule has 5 nitrogen and oxygen atoms in total. The fraction of sp³-hybridized carbons (Fsp3) is 0.875. The van der Waals surface area contributed by atoms with E-state index in [2.05, 4.69) is 10.2 Å². The van der Waals surface area contributed by atoms with E-state index in [1.165, 1.54) is 32.4 Å². The summed E-state index contributed by atoms with van der Waals surface area (Å²) in [5.41, 5.74) is 0. The van der Waals surface area contributed by atoms with E-state index < -0.39 is 0 Å². The van der Waals surface area contributed by atoms with E-state index in [1.54, 1.807) is 0 Å². The maximum Gasteiger partial charge on any atom is 0.227 e. The molecule has 3 rings (SSSR count). The van der Waals surface area contributed by atoms with Crippen molar-refractivity contribution in [2.24, 2.45) is 5.92 Å². The zero-order valence-corrected chi connectivity index (χ0v) is 12.9. The number of likely N-dealkylation sites (tertiary alicyclic amines) is 2. The van der Waals surface area contributed by atoms with E-state index in [1.807, 2.05) is 4.90 Å². The van der Waals surface area contributed by atoms with Crippen molar-refractivity contribution in [1.82, 2.24) is 15.1 Å². The molecule has 0 aliphatic carbocycles. The minimum atomic E-state index is 0.00855. The summed E-state index contributed by atoms with van der Waals surface area (Å²) in [6, 6.07) is 0.681. The molecule has 0 saturated carbocycles. The molecule has 0 spiro atoms. The summed E-state index contributed by atoms with van der Waals surface area (Å²) in [5, 5.41) is 2.82. The van der Waals surface area contributed by atoms with Crippen LogP contribution in [0.1, 0.15) is 44.9 Å². The second kappa shape index (κ2) is 6.77. The quantitative estimate of drug-likeness (QED) is 0.826. The van der Waals surface area contributed by atoms with Crippen LogP contribution < -0.4 is 5.32 Å². The van der Waals surface area contributed by atoms with Crippen molar-refractivity contribution in [2.75, 3.05) is 32.7 Å². The third-order valence-electron chi connectivity index (χ3n) is 5.30. The minimum Gasteiger partial charge on any atom is -0.355 e. The lowest BCUT2D eigenvalue weighted by molar-refractivity contribution is -0.139. The maximum absolute atomic E-state index is 12.5. The first-order chi connectivity index (χ1) is 10.2. The van der Waals surface area contributed by atoms with Crippen LogP contribution in [0.15, 0.2) is 0 Å². The molecule has 0 aromatic carbocycles. The molecule has 0 aromatic heterocycles. The molecule has 1 N–H and O–H groups in total. The number of hydrogen-bond donors (Lipinski definition) is 1. The summed E-state index contributed by atoms with van der Waals surface area (Å²) >= 11 is 0. The molecule has 1 unspecified atom stereocenters. The fourth-order valence-electron chi connectivity index (χ4n) is 3.94. The number of piperidine rings is 3. The molecule has 118 valence electrons. The predicted molar refractivity (Wildman–Crippen MR) is 80.8 cm³/mol. The third-order valence-corrected chi connectivity index (χ3v) is 5.30. The Labute approximate surface area is 127 Å². The van der Waals surface area contributed by atoms with E-state index in [0.29, 0.717) is 19.0 Å². The summed E-state index contributed by atoms with van der Waals surface area (Å²) in [5.74, 6) is 0.351. The second-order valence-electron chi connectivity index (χ2n) is 6.69. The summed E-state index contributed by atoms with van der Waals surface area (Å²) < 4.78 is 0. The Hall–Kier alpha value is -1.10. The molecule has 3 aliphatic heterocycles. The standard InChI is InChI=1S/C16H27N3O2/c20-15-5-4-13(12-17-15)16(21)19-10-6-14(7-11-19)18-8-2-1-3-9-18/h13-14H,1-12H2,(H,17,20). The van der Waals surface area contributed by atoms with E-state index in [-0.39, 0.29) is 17.7 Å². The molecule has 3 saturated heterocycles. The molecule has 0 aromatic rings. The molecular formula is C16H27N3O2. The van der Waals surface area contributed by atoms with Gasteiger partial charge in [0.15, 0.2) is 0 Å². The Morgan fingerprint density at radius 1 is 1.00 bits per heavy atom. The van der Waals surface area contributed by atoms with Gasteiger partial charge in [0.2, 0.25) is 11.8 Å². The van der Waals surface area contributed by atoms with Gasteiger partial charge in [-0.15, -0.1) is 0 Å². The Balaban J connectivity index is 1.46. The van der Waals surface area contributed by atoms with E-state index >= 15 is 0 Å². The van der Waals surface area contributed by atoms with Crippen LogP contribution in [0.2, 0.25) is 0 Å². The van der Waals surface area contributed by atoms with Crippen LogP contribution in [0, 0.1) is 5.92 Å². The molecular weight excluding hydrogens is 266 g/mol. The van der Waals surface area contributed by atoms with Crippen LogP contribution >= 0.6 is 0 Å². The third kappa shape index (κ3) is 3.57. The number of carbonyl (C=O) groups excluding carboxylic acids is 2. The monoisotopic (exact) mass is 293 g/mol. The Bertz CT molecular complexity index is 375. The van der Waals surface area contributed by atoms with Gasteiger partial charge in [0, 0.05) is 32.1 Å². The number of nitrogens with one attached hydrogen (secondary N) is 1. The van der Waals surface area contributed by atoms with Gasteiger partial charge in [-0.05, 0) is 45.2 Å². The van der Waals surface area contributed by atoms with Crippen molar-refractivity contribution in [3.63, 3.8) is 0 Å². The number of rotatable bonds is 2. The van der Waals surface area contributed by atoms with Crippen LogP contribution in [0.5, 0.6) is 0 Å². The SMILES string of the molecule is O=C1CCC(C(=O)N2CCC(N3CCCCC3)CC2)CN1. The highest BCUT2D eigenvalue weighted by atomic mass is 16.2.